The molecule has 0 bridgehead atoms. The summed E-state index contributed by atoms with van der Waals surface area (Å²) in [7, 11) is 0. The summed E-state index contributed by atoms with van der Waals surface area (Å²) in [6.07, 6.45) is 9.13. The highest BCUT2D eigenvalue weighted by molar-refractivity contribution is 5.74. The topological polar surface area (TPSA) is 60.1 Å². The first-order valence-corrected chi connectivity index (χ1v) is 14.4. The zero-order valence-electron chi connectivity index (χ0n) is 22.4. The van der Waals surface area contributed by atoms with E-state index in [4.69, 9.17) is 9.97 Å². The third-order valence-electron chi connectivity index (χ3n) is 8.34. The zero-order chi connectivity index (χ0) is 25.6. The number of nitrogens with zero attached hydrogens (tertiary/aromatic N) is 4. The van der Waals surface area contributed by atoms with Crippen molar-refractivity contribution in [2.24, 2.45) is 0 Å². The number of rotatable bonds is 10. The molecule has 0 amide bonds. The van der Waals surface area contributed by atoms with Crippen LogP contribution in [0.2, 0.25) is 0 Å². The van der Waals surface area contributed by atoms with E-state index < -0.39 is 0 Å². The Labute approximate surface area is 226 Å². The average Bonchev–Trinajstić information content (AvgIpc) is 3.39. The van der Waals surface area contributed by atoms with Gasteiger partial charge < -0.3 is 15.2 Å². The number of nitrogens with one attached hydrogen (secondary N) is 2. The highest BCUT2D eigenvalue weighted by Gasteiger charge is 2.28. The van der Waals surface area contributed by atoms with Gasteiger partial charge in [-0.25, -0.2) is 4.98 Å². The van der Waals surface area contributed by atoms with E-state index in [1.807, 2.05) is 6.20 Å². The fourth-order valence-electron chi connectivity index (χ4n) is 6.27. The number of hydrogen-bond acceptors (Lipinski definition) is 5. The lowest BCUT2D eigenvalue weighted by molar-refractivity contribution is 0.140. The van der Waals surface area contributed by atoms with Crippen molar-refractivity contribution in [3.05, 3.63) is 95.6 Å². The molecule has 0 saturated carbocycles. The van der Waals surface area contributed by atoms with E-state index in [1.165, 1.54) is 62.0 Å². The summed E-state index contributed by atoms with van der Waals surface area (Å²) >= 11 is 0. The largest absolute Gasteiger partial charge is 0.341 e. The molecule has 2 N–H and O–H groups in total. The molecule has 6 rings (SSSR count). The van der Waals surface area contributed by atoms with Crippen LogP contribution in [0.4, 0.5) is 0 Å². The first kappa shape index (κ1) is 25.2. The summed E-state index contributed by atoms with van der Waals surface area (Å²) in [6, 6.07) is 24.4. The van der Waals surface area contributed by atoms with Crippen molar-refractivity contribution < 1.29 is 0 Å². The average molecular weight is 509 g/mol. The van der Waals surface area contributed by atoms with E-state index >= 15 is 0 Å². The van der Waals surface area contributed by atoms with Crippen molar-refractivity contribution in [3.8, 4) is 0 Å². The van der Waals surface area contributed by atoms with Crippen LogP contribution in [0.3, 0.4) is 0 Å². The van der Waals surface area contributed by atoms with Crippen molar-refractivity contribution in [1.82, 2.24) is 30.1 Å². The van der Waals surface area contributed by atoms with Gasteiger partial charge in [0, 0.05) is 25.3 Å². The minimum absolute atomic E-state index is 0.362. The van der Waals surface area contributed by atoms with Gasteiger partial charge in [-0.3, -0.25) is 9.88 Å². The Morgan fingerprint density at radius 1 is 0.947 bits per heavy atom. The van der Waals surface area contributed by atoms with E-state index in [2.05, 4.69) is 86.8 Å². The lowest BCUT2D eigenvalue weighted by Crippen LogP contribution is -2.43. The van der Waals surface area contributed by atoms with Gasteiger partial charge >= 0.3 is 0 Å². The lowest BCUT2D eigenvalue weighted by Gasteiger charge is -2.36. The maximum absolute atomic E-state index is 4.91. The number of likely N-dealkylation sites (tertiary alicyclic amines) is 1. The Bertz CT molecular complexity index is 1260. The smallest absolute Gasteiger partial charge is 0.121 e. The van der Waals surface area contributed by atoms with Crippen LogP contribution in [0.1, 0.15) is 60.8 Å². The predicted octanol–water partition coefficient (Wildman–Crippen LogP) is 5.48. The molecule has 1 atom stereocenters. The normalized spacial score (nSPS) is 18.7. The summed E-state index contributed by atoms with van der Waals surface area (Å²) in [5.74, 6) is 1.06. The maximum atomic E-state index is 4.91. The van der Waals surface area contributed by atoms with Crippen molar-refractivity contribution in [1.29, 1.82) is 0 Å². The molecule has 2 aliphatic rings. The van der Waals surface area contributed by atoms with Gasteiger partial charge in [-0.05, 0) is 87.5 Å². The molecule has 1 aliphatic carbocycles. The quantitative estimate of drug-likeness (QED) is 0.297. The van der Waals surface area contributed by atoms with Crippen molar-refractivity contribution >= 4 is 11.0 Å². The number of pyridine rings is 1. The molecule has 1 saturated heterocycles. The van der Waals surface area contributed by atoms with E-state index in [1.54, 1.807) is 0 Å². The van der Waals surface area contributed by atoms with E-state index in [-0.39, 0.29) is 0 Å². The van der Waals surface area contributed by atoms with Crippen LogP contribution in [0.5, 0.6) is 0 Å². The summed E-state index contributed by atoms with van der Waals surface area (Å²) in [5.41, 5.74) is 6.24. The van der Waals surface area contributed by atoms with E-state index in [0.717, 1.165) is 49.5 Å². The number of fused-ring (bicyclic) bond motifs is 2. The monoisotopic (exact) mass is 508 g/mol. The number of aryl methyl sites for hydroxylation is 1. The predicted molar refractivity (Wildman–Crippen MR) is 154 cm³/mol. The highest BCUT2D eigenvalue weighted by atomic mass is 15.2. The second-order valence-corrected chi connectivity index (χ2v) is 11.0. The fourth-order valence-corrected chi connectivity index (χ4v) is 6.27. The molecular formula is C32H40N6. The van der Waals surface area contributed by atoms with Gasteiger partial charge in [0.15, 0.2) is 0 Å². The first-order valence-electron chi connectivity index (χ1n) is 14.4. The molecule has 0 spiro atoms. The second-order valence-electron chi connectivity index (χ2n) is 11.0. The second kappa shape index (κ2) is 12.2. The van der Waals surface area contributed by atoms with E-state index in [0.29, 0.717) is 12.1 Å². The van der Waals surface area contributed by atoms with Crippen LogP contribution in [0.15, 0.2) is 72.9 Å². The molecule has 6 heteroatoms. The standard InChI is InChI=1S/C32H40N6/c1-2-9-25(10-3-1)23-34-27-16-21-37(22-17-27)19-8-20-38(24-31-35-28-13-4-5-14-29(28)36-31)30-15-6-11-26-12-7-18-33-32(26)30/h1-5,7,9-10,12-14,18,27,30,34H,6,8,11,15-17,19-24H2,(H,35,36). The molecule has 2 aromatic carbocycles. The van der Waals surface area contributed by atoms with E-state index in [9.17, 15) is 0 Å². The number of piperidine rings is 1. The molecule has 1 unspecified atom stereocenters. The Morgan fingerprint density at radius 2 is 1.79 bits per heavy atom. The fraction of sp³-hybridized carbons (Fsp3) is 0.438. The van der Waals surface area contributed by atoms with Crippen molar-refractivity contribution in [2.75, 3.05) is 26.2 Å². The number of hydrogen-bond donors (Lipinski definition) is 2. The van der Waals surface area contributed by atoms with Gasteiger partial charge in [-0.1, -0.05) is 48.5 Å². The Hall–Kier alpha value is -3.06. The molecule has 1 aliphatic heterocycles. The number of imidazole rings is 1. The van der Waals surface area contributed by atoms with Gasteiger partial charge in [-0.15, -0.1) is 0 Å². The minimum atomic E-state index is 0.362. The lowest BCUT2D eigenvalue weighted by atomic mass is 9.90. The number of benzene rings is 2. The number of H-pyrrole nitrogens is 1. The van der Waals surface area contributed by atoms with Crippen LogP contribution in [0, 0.1) is 0 Å². The zero-order valence-corrected chi connectivity index (χ0v) is 22.4. The summed E-state index contributed by atoms with van der Waals surface area (Å²) in [6.45, 7) is 6.39. The van der Waals surface area contributed by atoms with Crippen LogP contribution in [-0.4, -0.2) is 57.0 Å². The minimum Gasteiger partial charge on any atom is -0.341 e. The molecular weight excluding hydrogens is 468 g/mol. The third kappa shape index (κ3) is 6.15. The van der Waals surface area contributed by atoms with Gasteiger partial charge in [-0.2, -0.15) is 0 Å². The van der Waals surface area contributed by atoms with Crippen LogP contribution in [0.25, 0.3) is 11.0 Å². The first-order chi connectivity index (χ1) is 18.8. The third-order valence-corrected chi connectivity index (χ3v) is 8.34. The van der Waals surface area contributed by atoms with Crippen LogP contribution < -0.4 is 5.32 Å². The van der Waals surface area contributed by atoms with Gasteiger partial charge in [0.1, 0.15) is 5.82 Å². The number of aromatic amines is 1. The van der Waals surface area contributed by atoms with Crippen molar-refractivity contribution in [2.45, 2.75) is 63.7 Å². The SMILES string of the molecule is c1ccc(CNC2CCN(CCCN(Cc3nc4ccccc4[nH]3)C3CCCc4cccnc43)CC2)cc1. The molecule has 1 fully saturated rings. The molecule has 0 radical (unpaired) electrons. The maximum Gasteiger partial charge on any atom is 0.121 e. The molecule has 4 aromatic rings. The Kier molecular flexibility index (Phi) is 8.10. The van der Waals surface area contributed by atoms with Gasteiger partial charge in [0.05, 0.1) is 29.3 Å². The van der Waals surface area contributed by atoms with Gasteiger partial charge in [0.2, 0.25) is 0 Å². The number of aromatic nitrogens is 3. The summed E-state index contributed by atoms with van der Waals surface area (Å²) in [5, 5.41) is 3.77. The number of para-hydroxylation sites is 2. The molecule has 198 valence electrons. The Morgan fingerprint density at radius 3 is 2.66 bits per heavy atom. The summed E-state index contributed by atoms with van der Waals surface area (Å²) < 4.78 is 0. The van der Waals surface area contributed by atoms with Crippen molar-refractivity contribution in [3.63, 3.8) is 0 Å². The van der Waals surface area contributed by atoms with Gasteiger partial charge in [0.25, 0.3) is 0 Å². The highest BCUT2D eigenvalue weighted by Crippen LogP contribution is 2.34. The molecule has 2 aromatic heterocycles. The molecule has 38 heavy (non-hydrogen) atoms. The Balaban J connectivity index is 1.06. The molecule has 3 heterocycles. The summed E-state index contributed by atoms with van der Waals surface area (Å²) in [4.78, 5) is 18.6. The van der Waals surface area contributed by atoms with Crippen LogP contribution in [-0.2, 0) is 19.5 Å². The molecule has 6 nitrogen and oxygen atoms in total. The van der Waals surface area contributed by atoms with Crippen LogP contribution >= 0.6 is 0 Å².